The number of carbonyl (C=O) groups is 1. The van der Waals surface area contributed by atoms with Crippen molar-refractivity contribution in [3.05, 3.63) is 44.4 Å². The van der Waals surface area contributed by atoms with Gasteiger partial charge in [-0.25, -0.2) is 0 Å². The summed E-state index contributed by atoms with van der Waals surface area (Å²) in [4.78, 5) is 11.7. The third kappa shape index (κ3) is 3.08. The lowest BCUT2D eigenvalue weighted by Crippen LogP contribution is -2.26. The molecule has 0 atom stereocenters. The van der Waals surface area contributed by atoms with Gasteiger partial charge >= 0.3 is 0 Å². The number of carbonyl (C=O) groups excluding carboxylic acids is 1. The maximum Gasteiger partial charge on any atom is 0.252 e. The van der Waals surface area contributed by atoms with E-state index in [1.807, 2.05) is 40.5 Å². The molecule has 0 unspecified atom stereocenters. The van der Waals surface area contributed by atoms with Crippen molar-refractivity contribution in [2.24, 2.45) is 0 Å². The highest BCUT2D eigenvalue weighted by Crippen LogP contribution is 2.16. The Morgan fingerprint density at radius 3 is 2.81 bits per heavy atom. The first-order valence-electron chi connectivity index (χ1n) is 4.89. The Bertz CT molecular complexity index is 464. The molecule has 0 aliphatic heterocycles. The molecular weight excluding hydrogens is 335 g/mol. The van der Waals surface area contributed by atoms with Gasteiger partial charge < -0.3 is 9.88 Å². The van der Waals surface area contributed by atoms with Crippen LogP contribution in [0.15, 0.2) is 36.0 Å². The maximum atomic E-state index is 11.7. The van der Waals surface area contributed by atoms with Crippen LogP contribution in [-0.2, 0) is 6.54 Å². The largest absolute Gasteiger partial charge is 0.353 e. The molecule has 5 heteroatoms. The second-order valence-electron chi connectivity index (χ2n) is 3.32. The molecule has 1 amide bonds. The zero-order valence-corrected chi connectivity index (χ0v) is 11.5. The lowest BCUT2D eigenvalue weighted by atomic mass is 10.3. The van der Waals surface area contributed by atoms with Crippen molar-refractivity contribution in [1.29, 1.82) is 0 Å². The molecule has 0 saturated heterocycles. The first kappa shape index (κ1) is 11.7. The molecule has 3 nitrogen and oxygen atoms in total. The molecule has 0 fully saturated rings. The van der Waals surface area contributed by atoms with Crippen LogP contribution in [0.3, 0.4) is 0 Å². The van der Waals surface area contributed by atoms with Crippen molar-refractivity contribution in [2.45, 2.75) is 6.54 Å². The zero-order chi connectivity index (χ0) is 11.4. The van der Waals surface area contributed by atoms with Crippen molar-refractivity contribution >= 4 is 39.8 Å². The molecule has 2 heterocycles. The van der Waals surface area contributed by atoms with Crippen LogP contribution in [0.4, 0.5) is 0 Å². The van der Waals surface area contributed by atoms with Gasteiger partial charge in [0.15, 0.2) is 0 Å². The Morgan fingerprint density at radius 1 is 1.44 bits per heavy atom. The molecule has 1 N–H and O–H groups in total. The lowest BCUT2D eigenvalue weighted by molar-refractivity contribution is 0.0953. The molecule has 2 rings (SSSR count). The van der Waals surface area contributed by atoms with Gasteiger partial charge in [0.25, 0.3) is 5.91 Å². The standard InChI is InChI=1S/C11H11IN2OS/c12-10-7-9(8-16-10)11(15)13-3-6-14-4-1-2-5-14/h1-2,4-5,7-8H,3,6H2,(H,13,15). The van der Waals surface area contributed by atoms with Crippen LogP contribution in [0.2, 0.25) is 0 Å². The van der Waals surface area contributed by atoms with Crippen molar-refractivity contribution in [3.63, 3.8) is 0 Å². The van der Waals surface area contributed by atoms with Crippen LogP contribution in [0.5, 0.6) is 0 Å². The number of hydrogen-bond acceptors (Lipinski definition) is 2. The number of rotatable bonds is 4. The van der Waals surface area contributed by atoms with E-state index in [2.05, 4.69) is 27.9 Å². The van der Waals surface area contributed by atoms with E-state index in [0.717, 1.165) is 15.0 Å². The van der Waals surface area contributed by atoms with Crippen LogP contribution in [0.1, 0.15) is 10.4 Å². The third-order valence-corrected chi connectivity index (χ3v) is 3.94. The molecule has 0 bridgehead atoms. The van der Waals surface area contributed by atoms with Crippen LogP contribution in [0.25, 0.3) is 0 Å². The summed E-state index contributed by atoms with van der Waals surface area (Å²) in [6.45, 7) is 1.46. The van der Waals surface area contributed by atoms with Gasteiger partial charge in [-0.2, -0.15) is 0 Å². The van der Waals surface area contributed by atoms with Crippen LogP contribution >= 0.6 is 33.9 Å². The molecule has 84 valence electrons. The predicted molar refractivity (Wildman–Crippen MR) is 73.8 cm³/mol. The van der Waals surface area contributed by atoms with E-state index in [9.17, 15) is 4.79 Å². The van der Waals surface area contributed by atoms with Gasteiger partial charge in [0.1, 0.15) is 0 Å². The highest BCUT2D eigenvalue weighted by molar-refractivity contribution is 14.1. The van der Waals surface area contributed by atoms with E-state index in [4.69, 9.17) is 0 Å². The number of aromatic nitrogens is 1. The van der Waals surface area contributed by atoms with E-state index in [-0.39, 0.29) is 5.91 Å². The Balaban J connectivity index is 1.80. The van der Waals surface area contributed by atoms with Crippen molar-refractivity contribution < 1.29 is 4.79 Å². The SMILES string of the molecule is O=C(NCCn1cccc1)c1csc(I)c1. The summed E-state index contributed by atoms with van der Waals surface area (Å²) in [5.41, 5.74) is 0.752. The minimum absolute atomic E-state index is 0.00585. The average molecular weight is 346 g/mol. The van der Waals surface area contributed by atoms with Gasteiger partial charge in [0.05, 0.1) is 8.45 Å². The summed E-state index contributed by atoms with van der Waals surface area (Å²) >= 11 is 3.80. The van der Waals surface area contributed by atoms with Gasteiger partial charge in [-0.05, 0) is 40.8 Å². The number of amides is 1. The minimum atomic E-state index is 0.00585. The topological polar surface area (TPSA) is 34.0 Å². The molecule has 2 aromatic rings. The summed E-state index contributed by atoms with van der Waals surface area (Å²) in [5, 5.41) is 4.78. The third-order valence-electron chi connectivity index (χ3n) is 2.15. The van der Waals surface area contributed by atoms with Gasteiger partial charge in [-0.3, -0.25) is 4.79 Å². The van der Waals surface area contributed by atoms with Gasteiger partial charge in [-0.15, -0.1) is 11.3 Å². The molecule has 0 spiro atoms. The summed E-state index contributed by atoms with van der Waals surface area (Å²) in [6, 6.07) is 5.85. The monoisotopic (exact) mass is 346 g/mol. The highest BCUT2D eigenvalue weighted by atomic mass is 127. The van der Waals surface area contributed by atoms with Crippen molar-refractivity contribution in [2.75, 3.05) is 6.54 Å². The zero-order valence-electron chi connectivity index (χ0n) is 8.52. The number of thiophene rings is 1. The Labute approximate surface area is 112 Å². The van der Waals surface area contributed by atoms with E-state index in [1.165, 1.54) is 0 Å². The molecular formula is C11H11IN2OS. The smallest absolute Gasteiger partial charge is 0.252 e. The number of nitrogens with zero attached hydrogens (tertiary/aromatic N) is 1. The molecule has 0 radical (unpaired) electrons. The minimum Gasteiger partial charge on any atom is -0.353 e. The summed E-state index contributed by atoms with van der Waals surface area (Å²) in [6.07, 6.45) is 3.97. The number of halogens is 1. The molecule has 0 saturated carbocycles. The summed E-state index contributed by atoms with van der Waals surface area (Å²) < 4.78 is 3.17. The van der Waals surface area contributed by atoms with Crippen LogP contribution < -0.4 is 5.32 Å². The number of nitrogens with one attached hydrogen (secondary N) is 1. The van der Waals surface area contributed by atoms with Crippen LogP contribution in [-0.4, -0.2) is 17.0 Å². The average Bonchev–Trinajstić information content (AvgIpc) is 2.89. The molecule has 2 aromatic heterocycles. The maximum absolute atomic E-state index is 11.7. The molecule has 0 aliphatic rings. The predicted octanol–water partition coefficient (Wildman–Crippen LogP) is 2.58. The Morgan fingerprint density at radius 2 is 2.19 bits per heavy atom. The fourth-order valence-electron chi connectivity index (χ4n) is 1.35. The van der Waals surface area contributed by atoms with Crippen molar-refractivity contribution in [3.8, 4) is 0 Å². The van der Waals surface area contributed by atoms with Gasteiger partial charge in [0, 0.05) is 30.9 Å². The fraction of sp³-hybridized carbons (Fsp3) is 0.182. The highest BCUT2D eigenvalue weighted by Gasteiger charge is 2.06. The van der Waals surface area contributed by atoms with Gasteiger partial charge in [-0.1, -0.05) is 0 Å². The first-order valence-corrected chi connectivity index (χ1v) is 6.84. The number of hydrogen-bond donors (Lipinski definition) is 1. The molecule has 0 aromatic carbocycles. The Hall–Kier alpha value is -0.820. The molecule has 0 aliphatic carbocycles. The molecule has 16 heavy (non-hydrogen) atoms. The second-order valence-corrected chi connectivity index (χ2v) is 6.12. The van der Waals surface area contributed by atoms with Gasteiger partial charge in [0.2, 0.25) is 0 Å². The second kappa shape index (κ2) is 5.49. The van der Waals surface area contributed by atoms with E-state index >= 15 is 0 Å². The van der Waals surface area contributed by atoms with E-state index < -0.39 is 0 Å². The van der Waals surface area contributed by atoms with E-state index in [1.54, 1.807) is 11.3 Å². The quantitative estimate of drug-likeness (QED) is 0.849. The van der Waals surface area contributed by atoms with Crippen molar-refractivity contribution in [1.82, 2.24) is 9.88 Å². The lowest BCUT2D eigenvalue weighted by Gasteiger charge is -2.04. The first-order chi connectivity index (χ1) is 7.75. The fourth-order valence-corrected chi connectivity index (χ4v) is 2.68. The normalized spacial score (nSPS) is 10.3. The summed E-state index contributed by atoms with van der Waals surface area (Å²) in [7, 11) is 0. The Kier molecular flexibility index (Phi) is 4.00. The van der Waals surface area contributed by atoms with E-state index in [0.29, 0.717) is 6.54 Å². The summed E-state index contributed by atoms with van der Waals surface area (Å²) in [5.74, 6) is 0.00585. The van der Waals surface area contributed by atoms with Crippen LogP contribution in [0, 0.1) is 2.88 Å².